The van der Waals surface area contributed by atoms with Gasteiger partial charge in [0.2, 0.25) is 0 Å². The number of piperidine rings is 1. The minimum Gasteiger partial charge on any atom is -0.406 e. The van der Waals surface area contributed by atoms with E-state index < -0.39 is 6.36 Å². The summed E-state index contributed by atoms with van der Waals surface area (Å²) in [6, 6.07) is 6.63. The lowest BCUT2D eigenvalue weighted by molar-refractivity contribution is -0.274. The molecule has 2 aromatic rings. The number of rotatable bonds is 6. The lowest BCUT2D eigenvalue weighted by atomic mass is 10.0. The van der Waals surface area contributed by atoms with Crippen molar-refractivity contribution in [3.8, 4) is 17.1 Å². The Morgan fingerprint density at radius 3 is 2.61 bits per heavy atom. The van der Waals surface area contributed by atoms with Crippen LogP contribution < -0.4 is 15.4 Å². The van der Waals surface area contributed by atoms with E-state index in [1.165, 1.54) is 18.2 Å². The average molecular weight is 516 g/mol. The molecule has 0 spiro atoms. The fraction of sp³-hybridized carbons (Fsp3) is 0.522. The van der Waals surface area contributed by atoms with Crippen LogP contribution in [0, 0.1) is 0 Å². The molecule has 2 heterocycles. The number of halogens is 4. The van der Waals surface area contributed by atoms with Gasteiger partial charge in [-0.25, -0.2) is 9.59 Å². The number of hydrogen-bond acceptors (Lipinski definition) is 5. The highest BCUT2D eigenvalue weighted by Crippen LogP contribution is 2.32. The third-order valence-electron chi connectivity index (χ3n) is 5.80. The van der Waals surface area contributed by atoms with Gasteiger partial charge >= 0.3 is 18.4 Å². The number of carbonyl (C=O) groups is 2. The highest BCUT2D eigenvalue weighted by atomic mass is 19.4. The topological polar surface area (TPSA) is 99.9 Å². The highest BCUT2D eigenvalue weighted by molar-refractivity contribution is 5.76. The highest BCUT2D eigenvalue weighted by Gasteiger charge is 2.39. The second-order valence-electron chi connectivity index (χ2n) is 8.35. The Morgan fingerprint density at radius 2 is 1.94 bits per heavy atom. The summed E-state index contributed by atoms with van der Waals surface area (Å²) in [6.45, 7) is 1.23. The van der Waals surface area contributed by atoms with Crippen molar-refractivity contribution in [2.45, 2.75) is 50.7 Å². The molecular formula is C23H29F4N5O4. The molecule has 2 aliphatic rings. The number of likely N-dealkylation sites (tertiary alicyclic amines) is 1. The third kappa shape index (κ3) is 7.25. The number of benzene rings is 1. The summed E-state index contributed by atoms with van der Waals surface area (Å²) < 4.78 is 56.1. The number of ether oxygens (including phenoxy) is 1. The molecule has 1 saturated carbocycles. The predicted octanol–water partition coefficient (Wildman–Crippen LogP) is 4.30. The standard InChI is InChI=1S/C22H26F3N5O4.CH3F/c1-26-20(31)29-9-3-5-17(13-29)30(16-7-8-16)21(32)27-12-15-11-19(34-28-15)14-4-2-6-18(10-14)33-22(23,24)25;1-2/h2,4,6,10-11,16-17H,3,5,7-9,12-13H2,1H3,(H,26,31)(H,27,32);1H3. The molecule has 1 aliphatic carbocycles. The first-order valence-electron chi connectivity index (χ1n) is 11.5. The Hall–Kier alpha value is -3.51. The molecule has 1 unspecified atom stereocenters. The lowest BCUT2D eigenvalue weighted by Gasteiger charge is -2.39. The van der Waals surface area contributed by atoms with E-state index in [2.05, 4.69) is 20.5 Å². The number of aromatic nitrogens is 1. The van der Waals surface area contributed by atoms with Crippen LogP contribution in [0.3, 0.4) is 0 Å². The molecule has 9 nitrogen and oxygen atoms in total. The summed E-state index contributed by atoms with van der Waals surface area (Å²) in [5, 5.41) is 9.40. The summed E-state index contributed by atoms with van der Waals surface area (Å²) in [5.74, 6) is -0.112. The monoisotopic (exact) mass is 515 g/mol. The Labute approximate surface area is 205 Å². The molecule has 1 aromatic heterocycles. The Bertz CT molecular complexity index is 1030. The lowest BCUT2D eigenvalue weighted by Crippen LogP contribution is -2.56. The molecule has 13 heteroatoms. The van der Waals surface area contributed by atoms with Gasteiger partial charge in [0.05, 0.1) is 19.8 Å². The van der Waals surface area contributed by atoms with Gasteiger partial charge in [-0.1, -0.05) is 17.3 Å². The van der Waals surface area contributed by atoms with Gasteiger partial charge in [0, 0.05) is 37.8 Å². The normalized spacial score (nSPS) is 17.5. The minimum absolute atomic E-state index is 0.0669. The predicted molar refractivity (Wildman–Crippen MR) is 122 cm³/mol. The summed E-state index contributed by atoms with van der Waals surface area (Å²) >= 11 is 0. The second-order valence-corrected chi connectivity index (χ2v) is 8.35. The zero-order chi connectivity index (χ0) is 26.3. The molecule has 2 fully saturated rings. The van der Waals surface area contributed by atoms with Gasteiger partial charge in [0.15, 0.2) is 5.76 Å². The van der Waals surface area contributed by atoms with Crippen molar-refractivity contribution >= 4 is 12.1 Å². The van der Waals surface area contributed by atoms with Gasteiger partial charge in [-0.2, -0.15) is 0 Å². The number of amides is 4. The van der Waals surface area contributed by atoms with Crippen LogP contribution in [0.2, 0.25) is 0 Å². The Morgan fingerprint density at radius 1 is 1.19 bits per heavy atom. The summed E-state index contributed by atoms with van der Waals surface area (Å²) in [7, 11) is 2.09. The van der Waals surface area contributed by atoms with Crippen molar-refractivity contribution in [3.63, 3.8) is 0 Å². The smallest absolute Gasteiger partial charge is 0.406 e. The van der Waals surface area contributed by atoms with E-state index >= 15 is 0 Å². The SMILES string of the molecule is CF.CNC(=O)N1CCCC(N(C(=O)NCc2cc(-c3cccc(OC(F)(F)F)c3)on2)C2CC2)C1. The molecule has 1 aliphatic heterocycles. The quantitative estimate of drug-likeness (QED) is 0.559. The van der Waals surface area contributed by atoms with Crippen LogP contribution in [0.4, 0.5) is 27.2 Å². The van der Waals surface area contributed by atoms with E-state index in [0.717, 1.165) is 25.7 Å². The number of hydrogen-bond donors (Lipinski definition) is 2. The first kappa shape index (κ1) is 27.1. The molecule has 2 N–H and O–H groups in total. The van der Waals surface area contributed by atoms with Gasteiger partial charge in [0.25, 0.3) is 0 Å². The van der Waals surface area contributed by atoms with Crippen molar-refractivity contribution < 1.29 is 36.4 Å². The Balaban J connectivity index is 0.00000176. The van der Waals surface area contributed by atoms with E-state index in [-0.39, 0.29) is 42.2 Å². The number of nitrogens with zero attached hydrogens (tertiary/aromatic N) is 3. The van der Waals surface area contributed by atoms with Crippen LogP contribution in [0.5, 0.6) is 5.75 Å². The van der Waals surface area contributed by atoms with E-state index in [0.29, 0.717) is 31.5 Å². The molecule has 1 atom stereocenters. The van der Waals surface area contributed by atoms with Crippen LogP contribution in [0.25, 0.3) is 11.3 Å². The van der Waals surface area contributed by atoms with Gasteiger partial charge < -0.3 is 29.7 Å². The van der Waals surface area contributed by atoms with E-state index in [9.17, 15) is 27.2 Å². The van der Waals surface area contributed by atoms with E-state index in [1.54, 1.807) is 24.1 Å². The first-order chi connectivity index (χ1) is 17.2. The largest absolute Gasteiger partial charge is 0.573 e. The molecule has 4 amide bonds. The number of carbonyl (C=O) groups excluding carboxylic acids is 2. The van der Waals surface area contributed by atoms with Crippen LogP contribution in [0.1, 0.15) is 31.4 Å². The van der Waals surface area contributed by atoms with Crippen LogP contribution in [0.15, 0.2) is 34.9 Å². The van der Waals surface area contributed by atoms with Crippen molar-refractivity contribution in [3.05, 3.63) is 36.0 Å². The summed E-state index contributed by atoms with van der Waals surface area (Å²) in [4.78, 5) is 28.6. The van der Waals surface area contributed by atoms with E-state index in [1.807, 2.05) is 4.90 Å². The molecule has 1 aromatic carbocycles. The third-order valence-corrected chi connectivity index (χ3v) is 5.80. The van der Waals surface area contributed by atoms with Crippen molar-refractivity contribution in [2.75, 3.05) is 27.3 Å². The maximum Gasteiger partial charge on any atom is 0.573 e. The van der Waals surface area contributed by atoms with Crippen LogP contribution in [-0.2, 0) is 6.54 Å². The van der Waals surface area contributed by atoms with Gasteiger partial charge in [-0.05, 0) is 37.8 Å². The summed E-state index contributed by atoms with van der Waals surface area (Å²) in [5.41, 5.74) is 0.791. The van der Waals surface area contributed by atoms with Crippen molar-refractivity contribution in [1.29, 1.82) is 0 Å². The molecule has 1 saturated heterocycles. The molecule has 198 valence electrons. The molecule has 0 bridgehead atoms. The number of alkyl halides is 4. The van der Waals surface area contributed by atoms with Gasteiger partial charge in [-0.15, -0.1) is 13.2 Å². The van der Waals surface area contributed by atoms with Gasteiger partial charge in [-0.3, -0.25) is 4.39 Å². The zero-order valence-electron chi connectivity index (χ0n) is 20.0. The maximum absolute atomic E-state index is 13.0. The average Bonchev–Trinajstić information content (AvgIpc) is 3.58. The minimum atomic E-state index is -4.79. The second kappa shape index (κ2) is 12.0. The zero-order valence-corrected chi connectivity index (χ0v) is 20.0. The molecular weight excluding hydrogens is 486 g/mol. The fourth-order valence-corrected chi connectivity index (χ4v) is 4.14. The van der Waals surface area contributed by atoms with Crippen molar-refractivity contribution in [2.24, 2.45) is 0 Å². The first-order valence-corrected chi connectivity index (χ1v) is 11.5. The fourth-order valence-electron chi connectivity index (χ4n) is 4.14. The molecule has 36 heavy (non-hydrogen) atoms. The molecule has 0 radical (unpaired) electrons. The maximum atomic E-state index is 13.0. The molecule has 4 rings (SSSR count). The van der Waals surface area contributed by atoms with E-state index in [4.69, 9.17) is 4.52 Å². The van der Waals surface area contributed by atoms with Crippen LogP contribution >= 0.6 is 0 Å². The summed E-state index contributed by atoms with van der Waals surface area (Å²) in [6.07, 6.45) is -1.30. The number of nitrogens with one attached hydrogen (secondary N) is 2. The Kier molecular flexibility index (Phi) is 8.99. The van der Waals surface area contributed by atoms with Crippen molar-refractivity contribution in [1.82, 2.24) is 25.6 Å². The van der Waals surface area contributed by atoms with Gasteiger partial charge in [0.1, 0.15) is 11.4 Å². The number of urea groups is 2. The van der Waals surface area contributed by atoms with Crippen LogP contribution in [-0.4, -0.2) is 72.8 Å².